The van der Waals surface area contributed by atoms with Gasteiger partial charge < -0.3 is 20.4 Å². The molecule has 0 saturated carbocycles. The van der Waals surface area contributed by atoms with Gasteiger partial charge in [0.25, 0.3) is 5.91 Å². The molecule has 3 N–H and O–H groups in total. The van der Waals surface area contributed by atoms with E-state index < -0.39 is 17.6 Å². The topological polar surface area (TPSA) is 95.1 Å². The van der Waals surface area contributed by atoms with Gasteiger partial charge in [-0.25, -0.2) is 4.98 Å². The number of alkyl halides is 3. The number of hydrogen-bond donors (Lipinski definition) is 2. The number of hydrogen-bond acceptors (Lipinski definition) is 5. The highest BCUT2D eigenvalue weighted by Gasteiger charge is 2.30. The van der Waals surface area contributed by atoms with E-state index in [0.29, 0.717) is 28.7 Å². The predicted octanol–water partition coefficient (Wildman–Crippen LogP) is 4.62. The number of anilines is 2. The molecule has 0 bridgehead atoms. The molecule has 158 valence electrons. The average Bonchev–Trinajstić information content (AvgIpc) is 3.02. The Morgan fingerprint density at radius 1 is 1.06 bits per heavy atom. The monoisotopic (exact) mass is 427 g/mol. The number of rotatable bonds is 5. The van der Waals surface area contributed by atoms with Crippen LogP contribution in [0.3, 0.4) is 0 Å². The lowest BCUT2D eigenvalue weighted by molar-refractivity contribution is -0.137. The second kappa shape index (κ2) is 7.63. The van der Waals surface area contributed by atoms with Gasteiger partial charge in [-0.15, -0.1) is 0 Å². The van der Waals surface area contributed by atoms with Crippen LogP contribution in [0.5, 0.6) is 11.5 Å². The molecule has 0 aliphatic heterocycles. The van der Waals surface area contributed by atoms with Gasteiger partial charge in [-0.2, -0.15) is 13.2 Å². The first-order chi connectivity index (χ1) is 14.7. The minimum absolute atomic E-state index is 0.0828. The standard InChI is InChI=1S/C21H16F3N5O2/c1-29-18-7-6-14(31-15-8-9-26-17(11-15)19(25)30)10-16(18)28-20(29)27-13-4-2-12(3-5-13)21(22,23)24/h2-11H,1H3,(H2,25,30)(H,27,28). The molecule has 4 rings (SSSR count). The van der Waals surface area contributed by atoms with Gasteiger partial charge in [0.2, 0.25) is 5.95 Å². The van der Waals surface area contributed by atoms with Crippen molar-refractivity contribution in [2.45, 2.75) is 6.18 Å². The number of aromatic nitrogens is 3. The van der Waals surface area contributed by atoms with Crippen LogP contribution in [0.2, 0.25) is 0 Å². The zero-order valence-electron chi connectivity index (χ0n) is 16.1. The molecular weight excluding hydrogens is 411 g/mol. The summed E-state index contributed by atoms with van der Waals surface area (Å²) in [6, 6.07) is 13.0. The van der Waals surface area contributed by atoms with Gasteiger partial charge >= 0.3 is 6.18 Å². The lowest BCUT2D eigenvalue weighted by Crippen LogP contribution is -2.12. The molecule has 0 saturated heterocycles. The Hall–Kier alpha value is -4.08. The van der Waals surface area contributed by atoms with Gasteiger partial charge in [0.1, 0.15) is 17.2 Å². The number of halogens is 3. The maximum absolute atomic E-state index is 12.7. The average molecular weight is 427 g/mol. The van der Waals surface area contributed by atoms with E-state index in [2.05, 4.69) is 15.3 Å². The summed E-state index contributed by atoms with van der Waals surface area (Å²) in [5.74, 6) is 0.659. The zero-order valence-corrected chi connectivity index (χ0v) is 16.1. The van der Waals surface area contributed by atoms with Crippen LogP contribution in [0.4, 0.5) is 24.8 Å². The highest BCUT2D eigenvalue weighted by molar-refractivity contribution is 5.91. The maximum atomic E-state index is 12.7. The van der Waals surface area contributed by atoms with Crippen molar-refractivity contribution in [3.8, 4) is 11.5 Å². The summed E-state index contributed by atoms with van der Waals surface area (Å²) >= 11 is 0. The van der Waals surface area contributed by atoms with E-state index in [1.165, 1.54) is 24.4 Å². The molecule has 7 nitrogen and oxygen atoms in total. The number of ether oxygens (including phenoxy) is 1. The second-order valence-corrected chi connectivity index (χ2v) is 6.69. The number of aryl methyl sites for hydroxylation is 1. The maximum Gasteiger partial charge on any atom is 0.416 e. The Balaban J connectivity index is 1.58. The number of primary amides is 1. The van der Waals surface area contributed by atoms with Gasteiger partial charge in [-0.05, 0) is 42.5 Å². The Labute approximate surface area is 174 Å². The summed E-state index contributed by atoms with van der Waals surface area (Å²) in [4.78, 5) is 19.6. The van der Waals surface area contributed by atoms with E-state index in [1.54, 1.807) is 35.9 Å². The van der Waals surface area contributed by atoms with Crippen molar-refractivity contribution in [3.63, 3.8) is 0 Å². The summed E-state index contributed by atoms with van der Waals surface area (Å²) in [7, 11) is 1.78. The van der Waals surface area contributed by atoms with Crippen LogP contribution in [-0.4, -0.2) is 20.4 Å². The van der Waals surface area contributed by atoms with Crippen LogP contribution in [0.1, 0.15) is 16.1 Å². The molecule has 31 heavy (non-hydrogen) atoms. The molecule has 10 heteroatoms. The van der Waals surface area contributed by atoms with Gasteiger partial charge in [-0.1, -0.05) is 0 Å². The molecule has 2 heterocycles. The van der Waals surface area contributed by atoms with Gasteiger partial charge in [0, 0.05) is 31.1 Å². The molecule has 0 aliphatic rings. The minimum atomic E-state index is -4.39. The van der Waals surface area contributed by atoms with Crippen molar-refractivity contribution in [1.82, 2.24) is 14.5 Å². The molecule has 4 aromatic rings. The van der Waals surface area contributed by atoms with E-state index in [-0.39, 0.29) is 5.69 Å². The summed E-state index contributed by atoms with van der Waals surface area (Å²) < 4.78 is 45.7. The normalized spacial score (nSPS) is 11.5. The van der Waals surface area contributed by atoms with Crippen LogP contribution in [0, 0.1) is 0 Å². The first-order valence-electron chi connectivity index (χ1n) is 9.05. The number of nitrogens with one attached hydrogen (secondary N) is 1. The Morgan fingerprint density at radius 2 is 1.77 bits per heavy atom. The highest BCUT2D eigenvalue weighted by Crippen LogP contribution is 2.31. The van der Waals surface area contributed by atoms with Crippen molar-refractivity contribution in [2.75, 3.05) is 5.32 Å². The third-order valence-electron chi connectivity index (χ3n) is 4.54. The number of amides is 1. The smallest absolute Gasteiger partial charge is 0.416 e. The van der Waals surface area contributed by atoms with Crippen molar-refractivity contribution in [3.05, 3.63) is 72.1 Å². The van der Waals surface area contributed by atoms with Crippen molar-refractivity contribution in [2.24, 2.45) is 12.8 Å². The number of fused-ring (bicyclic) bond motifs is 1. The number of nitrogens with zero attached hydrogens (tertiary/aromatic N) is 3. The molecule has 1 amide bonds. The predicted molar refractivity (Wildman–Crippen MR) is 108 cm³/mol. The Morgan fingerprint density at radius 3 is 2.45 bits per heavy atom. The molecule has 0 spiro atoms. The first-order valence-corrected chi connectivity index (χ1v) is 9.05. The van der Waals surface area contributed by atoms with Crippen molar-refractivity contribution in [1.29, 1.82) is 0 Å². The molecule has 2 aromatic carbocycles. The number of pyridine rings is 1. The number of carbonyl (C=O) groups is 1. The molecule has 2 aromatic heterocycles. The first kappa shape index (κ1) is 20.2. The third-order valence-corrected chi connectivity index (χ3v) is 4.54. The molecule has 0 radical (unpaired) electrons. The quantitative estimate of drug-likeness (QED) is 0.485. The molecular formula is C21H16F3N5O2. The Bertz CT molecular complexity index is 1270. The highest BCUT2D eigenvalue weighted by atomic mass is 19.4. The fraction of sp³-hybridized carbons (Fsp3) is 0.0952. The van der Waals surface area contributed by atoms with Crippen LogP contribution in [0.15, 0.2) is 60.8 Å². The summed E-state index contributed by atoms with van der Waals surface area (Å²) in [5.41, 5.74) is 6.46. The number of carbonyl (C=O) groups excluding carboxylic acids is 1. The lowest BCUT2D eigenvalue weighted by atomic mass is 10.2. The number of benzene rings is 2. The summed E-state index contributed by atoms with van der Waals surface area (Å²) in [6.45, 7) is 0. The van der Waals surface area contributed by atoms with Crippen LogP contribution >= 0.6 is 0 Å². The summed E-state index contributed by atoms with van der Waals surface area (Å²) in [6.07, 6.45) is -2.97. The fourth-order valence-electron chi connectivity index (χ4n) is 2.97. The largest absolute Gasteiger partial charge is 0.457 e. The van der Waals surface area contributed by atoms with Crippen LogP contribution in [0.25, 0.3) is 11.0 Å². The van der Waals surface area contributed by atoms with E-state index in [4.69, 9.17) is 10.5 Å². The molecule has 0 fully saturated rings. The van der Waals surface area contributed by atoms with E-state index in [9.17, 15) is 18.0 Å². The van der Waals surface area contributed by atoms with Gasteiger partial charge in [-0.3, -0.25) is 9.78 Å². The van der Waals surface area contributed by atoms with E-state index >= 15 is 0 Å². The molecule has 0 unspecified atom stereocenters. The van der Waals surface area contributed by atoms with E-state index in [1.807, 2.05) is 0 Å². The fourth-order valence-corrected chi connectivity index (χ4v) is 2.97. The van der Waals surface area contributed by atoms with E-state index in [0.717, 1.165) is 17.6 Å². The summed E-state index contributed by atoms with van der Waals surface area (Å²) in [5, 5.41) is 3.01. The number of imidazole rings is 1. The molecule has 0 atom stereocenters. The van der Waals surface area contributed by atoms with Crippen molar-refractivity contribution >= 4 is 28.6 Å². The molecule has 0 aliphatic carbocycles. The SMILES string of the molecule is Cn1c(Nc2ccc(C(F)(F)F)cc2)nc2cc(Oc3ccnc(C(N)=O)c3)ccc21. The van der Waals surface area contributed by atoms with Crippen molar-refractivity contribution < 1.29 is 22.7 Å². The van der Waals surface area contributed by atoms with Gasteiger partial charge in [0.15, 0.2) is 0 Å². The van der Waals surface area contributed by atoms with Gasteiger partial charge in [0.05, 0.1) is 16.6 Å². The van der Waals surface area contributed by atoms with Crippen LogP contribution < -0.4 is 15.8 Å². The third kappa shape index (κ3) is 4.27. The lowest BCUT2D eigenvalue weighted by Gasteiger charge is -2.09. The second-order valence-electron chi connectivity index (χ2n) is 6.69. The number of nitrogens with two attached hydrogens (primary N) is 1. The minimum Gasteiger partial charge on any atom is -0.457 e. The van der Waals surface area contributed by atoms with Crippen LogP contribution in [-0.2, 0) is 13.2 Å². The Kier molecular flexibility index (Phi) is 4.97. The zero-order chi connectivity index (χ0) is 22.2.